The predicted octanol–water partition coefficient (Wildman–Crippen LogP) is 3.30. The molecular formula is C19H24N6O. The third kappa shape index (κ3) is 3.66. The van der Waals surface area contributed by atoms with Crippen LogP contribution < -0.4 is 15.4 Å². The zero-order valence-electron chi connectivity index (χ0n) is 15.4. The van der Waals surface area contributed by atoms with E-state index in [4.69, 9.17) is 15.5 Å². The zero-order chi connectivity index (χ0) is 18.5. The summed E-state index contributed by atoms with van der Waals surface area (Å²) >= 11 is 0. The van der Waals surface area contributed by atoms with Gasteiger partial charge in [0.15, 0.2) is 17.0 Å². The molecule has 0 radical (unpaired) electrons. The predicted molar refractivity (Wildman–Crippen MR) is 104 cm³/mol. The first-order valence-corrected chi connectivity index (χ1v) is 8.85. The lowest BCUT2D eigenvalue weighted by atomic mass is 10.1. The molecule has 0 aliphatic carbocycles. The van der Waals surface area contributed by atoms with Crippen LogP contribution in [0.25, 0.3) is 22.4 Å². The van der Waals surface area contributed by atoms with E-state index >= 15 is 0 Å². The Kier molecular flexibility index (Phi) is 5.46. The van der Waals surface area contributed by atoms with Crippen molar-refractivity contribution < 1.29 is 4.74 Å². The number of benzene rings is 1. The molecule has 0 bridgehead atoms. The monoisotopic (exact) mass is 352 g/mol. The highest BCUT2D eigenvalue weighted by Gasteiger charge is 2.16. The topological polar surface area (TPSA) is 90.1 Å². The Bertz CT molecular complexity index is 875. The van der Waals surface area contributed by atoms with E-state index in [0.717, 1.165) is 48.8 Å². The average molecular weight is 352 g/mol. The Labute approximate surface area is 153 Å². The first kappa shape index (κ1) is 17.8. The molecule has 3 aromatic rings. The van der Waals surface area contributed by atoms with Gasteiger partial charge < -0.3 is 15.4 Å². The lowest BCUT2D eigenvalue weighted by molar-refractivity contribution is 0.415. The number of methoxy groups -OCH3 is 1. The largest absolute Gasteiger partial charge is 0.497 e. The summed E-state index contributed by atoms with van der Waals surface area (Å²) < 4.78 is 5.22. The van der Waals surface area contributed by atoms with Crippen molar-refractivity contribution in [1.82, 2.24) is 19.9 Å². The van der Waals surface area contributed by atoms with Gasteiger partial charge in [-0.05, 0) is 37.1 Å². The number of fused-ring (bicyclic) bond motifs is 1. The van der Waals surface area contributed by atoms with Gasteiger partial charge in [-0.15, -0.1) is 0 Å². The number of nitrogens with zero attached hydrogens (tertiary/aromatic N) is 5. The third-order valence-electron chi connectivity index (χ3n) is 4.08. The Morgan fingerprint density at radius 1 is 1.00 bits per heavy atom. The third-order valence-corrected chi connectivity index (χ3v) is 4.08. The summed E-state index contributed by atoms with van der Waals surface area (Å²) in [7, 11) is 1.65. The second kappa shape index (κ2) is 7.95. The van der Waals surface area contributed by atoms with Crippen LogP contribution in [0.1, 0.15) is 26.7 Å². The lowest BCUT2D eigenvalue weighted by Gasteiger charge is -2.23. The minimum Gasteiger partial charge on any atom is -0.497 e. The molecule has 0 fully saturated rings. The fraction of sp³-hybridized carbons (Fsp3) is 0.368. The summed E-state index contributed by atoms with van der Waals surface area (Å²) in [6.45, 7) is 6.05. The highest BCUT2D eigenvalue weighted by atomic mass is 16.5. The van der Waals surface area contributed by atoms with E-state index in [1.54, 1.807) is 13.3 Å². The Morgan fingerprint density at radius 3 is 2.31 bits per heavy atom. The second-order valence-electron chi connectivity index (χ2n) is 6.05. The molecule has 2 aromatic heterocycles. The van der Waals surface area contributed by atoms with Gasteiger partial charge in [-0.3, -0.25) is 0 Å². The van der Waals surface area contributed by atoms with Crippen LogP contribution in [0.2, 0.25) is 0 Å². The molecule has 0 spiro atoms. The number of nitrogens with two attached hydrogens (primary N) is 1. The average Bonchev–Trinajstić information content (AvgIpc) is 2.67. The summed E-state index contributed by atoms with van der Waals surface area (Å²) in [4.78, 5) is 20.2. The molecule has 0 aliphatic rings. The van der Waals surface area contributed by atoms with E-state index < -0.39 is 0 Å². The van der Waals surface area contributed by atoms with Gasteiger partial charge in [0, 0.05) is 18.7 Å². The molecule has 0 saturated carbocycles. The minimum absolute atomic E-state index is 0.219. The molecule has 7 heteroatoms. The number of ether oxygens (including phenoxy) is 1. The van der Waals surface area contributed by atoms with Crippen molar-refractivity contribution in [1.29, 1.82) is 0 Å². The van der Waals surface area contributed by atoms with Crippen molar-refractivity contribution in [3.8, 4) is 17.0 Å². The molecule has 136 valence electrons. The number of rotatable bonds is 7. The fourth-order valence-corrected chi connectivity index (χ4v) is 2.89. The van der Waals surface area contributed by atoms with E-state index in [2.05, 4.69) is 33.7 Å². The molecule has 2 N–H and O–H groups in total. The van der Waals surface area contributed by atoms with E-state index in [1.165, 1.54) is 0 Å². The normalized spacial score (nSPS) is 10.9. The molecule has 26 heavy (non-hydrogen) atoms. The summed E-state index contributed by atoms with van der Waals surface area (Å²) in [5, 5.41) is 0. The number of anilines is 2. The molecule has 0 amide bonds. The summed E-state index contributed by atoms with van der Waals surface area (Å²) in [5.74, 6) is 1.77. The van der Waals surface area contributed by atoms with Crippen LogP contribution in [0, 0.1) is 0 Å². The second-order valence-corrected chi connectivity index (χ2v) is 6.05. The molecule has 0 unspecified atom stereocenters. The number of nitrogen functional groups attached to an aromatic ring is 1. The van der Waals surface area contributed by atoms with Crippen molar-refractivity contribution in [3.63, 3.8) is 0 Å². The van der Waals surface area contributed by atoms with Crippen LogP contribution in [-0.2, 0) is 0 Å². The summed E-state index contributed by atoms with van der Waals surface area (Å²) in [6.07, 6.45) is 3.73. The number of hydrogen-bond acceptors (Lipinski definition) is 7. The first-order valence-electron chi connectivity index (χ1n) is 8.85. The van der Waals surface area contributed by atoms with Gasteiger partial charge in [-0.1, -0.05) is 13.8 Å². The van der Waals surface area contributed by atoms with Gasteiger partial charge in [0.1, 0.15) is 5.75 Å². The Morgan fingerprint density at radius 2 is 1.69 bits per heavy atom. The maximum Gasteiger partial charge on any atom is 0.224 e. The smallest absolute Gasteiger partial charge is 0.224 e. The van der Waals surface area contributed by atoms with Crippen LogP contribution in [-0.4, -0.2) is 40.1 Å². The molecular weight excluding hydrogens is 328 g/mol. The summed E-state index contributed by atoms with van der Waals surface area (Å²) in [5.41, 5.74) is 8.82. The molecule has 0 saturated heterocycles. The van der Waals surface area contributed by atoms with Crippen molar-refractivity contribution in [2.45, 2.75) is 26.7 Å². The standard InChI is InChI=1S/C19H24N6O/c1-4-10-25(11-5-2)18-16-17(23-19(20)24-18)21-12-15(22-16)13-6-8-14(26-3)9-7-13/h6-9,12H,4-5,10-11H2,1-3H3,(H2,20,21,23,24). The molecule has 1 aromatic carbocycles. The SMILES string of the molecule is CCCN(CCC)c1nc(N)nc2ncc(-c3ccc(OC)cc3)nc12. The molecule has 0 aliphatic heterocycles. The van der Waals surface area contributed by atoms with Gasteiger partial charge in [-0.2, -0.15) is 9.97 Å². The molecule has 7 nitrogen and oxygen atoms in total. The number of hydrogen-bond donors (Lipinski definition) is 1. The van der Waals surface area contributed by atoms with E-state index in [0.29, 0.717) is 11.2 Å². The Hall–Kier alpha value is -2.96. The minimum atomic E-state index is 0.219. The summed E-state index contributed by atoms with van der Waals surface area (Å²) in [6, 6.07) is 7.73. The number of aromatic nitrogens is 4. The van der Waals surface area contributed by atoms with Crippen LogP contribution in [0.5, 0.6) is 5.75 Å². The van der Waals surface area contributed by atoms with Gasteiger partial charge in [0.25, 0.3) is 0 Å². The van der Waals surface area contributed by atoms with Gasteiger partial charge in [-0.25, -0.2) is 9.97 Å². The van der Waals surface area contributed by atoms with Crippen molar-refractivity contribution in [2.75, 3.05) is 30.8 Å². The van der Waals surface area contributed by atoms with E-state index in [9.17, 15) is 0 Å². The zero-order valence-corrected chi connectivity index (χ0v) is 15.4. The molecule has 0 atom stereocenters. The van der Waals surface area contributed by atoms with Gasteiger partial charge >= 0.3 is 0 Å². The van der Waals surface area contributed by atoms with Crippen LogP contribution in [0.3, 0.4) is 0 Å². The molecule has 2 heterocycles. The molecule has 3 rings (SSSR count). The van der Waals surface area contributed by atoms with Gasteiger partial charge in [0.2, 0.25) is 5.95 Å². The van der Waals surface area contributed by atoms with Crippen molar-refractivity contribution in [2.24, 2.45) is 0 Å². The highest BCUT2D eigenvalue weighted by molar-refractivity contribution is 5.85. The van der Waals surface area contributed by atoms with Crippen LogP contribution in [0.4, 0.5) is 11.8 Å². The van der Waals surface area contributed by atoms with E-state index in [1.807, 2.05) is 24.3 Å². The van der Waals surface area contributed by atoms with Gasteiger partial charge in [0.05, 0.1) is 19.0 Å². The van der Waals surface area contributed by atoms with Crippen molar-refractivity contribution in [3.05, 3.63) is 30.5 Å². The quantitative estimate of drug-likeness (QED) is 0.697. The Balaban J connectivity index is 2.11. The van der Waals surface area contributed by atoms with Crippen LogP contribution >= 0.6 is 0 Å². The van der Waals surface area contributed by atoms with Crippen LogP contribution in [0.15, 0.2) is 30.5 Å². The fourth-order valence-electron chi connectivity index (χ4n) is 2.89. The lowest BCUT2D eigenvalue weighted by Crippen LogP contribution is -2.27. The van der Waals surface area contributed by atoms with E-state index in [-0.39, 0.29) is 5.95 Å². The maximum absolute atomic E-state index is 5.91. The first-order chi connectivity index (χ1) is 12.7. The van der Waals surface area contributed by atoms with Crippen molar-refractivity contribution >= 4 is 22.9 Å². The maximum atomic E-state index is 5.91. The highest BCUT2D eigenvalue weighted by Crippen LogP contribution is 2.26.